The minimum atomic E-state index is -0.0872. The number of rotatable bonds is 6. The van der Waals surface area contributed by atoms with Crippen molar-refractivity contribution in [2.45, 2.75) is 12.6 Å². The van der Waals surface area contributed by atoms with Crippen molar-refractivity contribution in [3.63, 3.8) is 0 Å². The van der Waals surface area contributed by atoms with Gasteiger partial charge in [-0.3, -0.25) is 0 Å². The van der Waals surface area contributed by atoms with E-state index < -0.39 is 0 Å². The van der Waals surface area contributed by atoms with Crippen LogP contribution in [0.3, 0.4) is 0 Å². The van der Waals surface area contributed by atoms with E-state index in [0.717, 1.165) is 5.56 Å². The average molecular weight is 305 g/mol. The number of aliphatic hydroxyl groups excluding tert-OH is 1. The third kappa shape index (κ3) is 4.46. The third-order valence-corrected chi connectivity index (χ3v) is 3.71. The first-order valence-corrected chi connectivity index (χ1v) is 7.34. The molecule has 0 aromatic heterocycles. The summed E-state index contributed by atoms with van der Waals surface area (Å²) in [5.74, 6) is 0. The van der Waals surface area contributed by atoms with E-state index in [-0.39, 0.29) is 12.6 Å². The molecule has 2 aromatic carbocycles. The quantitative estimate of drug-likeness (QED) is 0.860. The van der Waals surface area contributed by atoms with Gasteiger partial charge in [0.25, 0.3) is 0 Å². The molecule has 0 aliphatic carbocycles. The molecule has 0 bridgehead atoms. The molecule has 0 radical (unpaired) electrons. The van der Waals surface area contributed by atoms with Gasteiger partial charge >= 0.3 is 0 Å². The molecule has 21 heavy (non-hydrogen) atoms. The predicted molar refractivity (Wildman–Crippen MR) is 88.9 cm³/mol. The van der Waals surface area contributed by atoms with Crippen molar-refractivity contribution in [3.8, 4) is 0 Å². The zero-order valence-electron chi connectivity index (χ0n) is 12.4. The molecule has 1 unspecified atom stereocenters. The molecule has 0 aliphatic heterocycles. The Labute approximate surface area is 131 Å². The molecule has 0 saturated heterocycles. The van der Waals surface area contributed by atoms with Crippen molar-refractivity contribution in [3.05, 3.63) is 64.7 Å². The van der Waals surface area contributed by atoms with Gasteiger partial charge in [0.05, 0.1) is 12.6 Å². The topological polar surface area (TPSA) is 35.5 Å². The van der Waals surface area contributed by atoms with Crippen LogP contribution in [0.2, 0.25) is 5.02 Å². The number of halogens is 1. The highest BCUT2D eigenvalue weighted by Gasteiger charge is 2.09. The molecule has 0 aliphatic rings. The monoisotopic (exact) mass is 304 g/mol. The van der Waals surface area contributed by atoms with E-state index in [0.29, 0.717) is 11.6 Å². The second-order valence-corrected chi connectivity index (χ2v) is 5.66. The molecule has 4 heteroatoms. The first-order valence-electron chi connectivity index (χ1n) is 6.96. The fourth-order valence-electron chi connectivity index (χ4n) is 2.14. The Morgan fingerprint density at radius 3 is 2.19 bits per heavy atom. The van der Waals surface area contributed by atoms with Crippen molar-refractivity contribution in [2.24, 2.45) is 0 Å². The standard InChI is InChI=1S/C17H21ClN2O/c1-20(2)16-9-3-13(4-10-16)11-19-17(12-21)14-5-7-15(18)8-6-14/h3-10,17,19,21H,11-12H2,1-2H3. The van der Waals surface area contributed by atoms with Crippen LogP contribution in [-0.2, 0) is 6.54 Å². The lowest BCUT2D eigenvalue weighted by Crippen LogP contribution is -2.24. The highest BCUT2D eigenvalue weighted by atomic mass is 35.5. The second kappa shape index (κ2) is 7.46. The molecule has 0 fully saturated rings. The molecule has 2 rings (SSSR count). The summed E-state index contributed by atoms with van der Waals surface area (Å²) in [6.45, 7) is 0.763. The first kappa shape index (κ1) is 15.8. The zero-order valence-corrected chi connectivity index (χ0v) is 13.1. The van der Waals surface area contributed by atoms with Gasteiger partial charge in [-0.25, -0.2) is 0 Å². The van der Waals surface area contributed by atoms with Crippen LogP contribution in [0.5, 0.6) is 0 Å². The molecule has 0 amide bonds. The van der Waals surface area contributed by atoms with Crippen molar-refractivity contribution in [1.29, 1.82) is 0 Å². The molecule has 0 heterocycles. The molecule has 0 spiro atoms. The molecule has 112 valence electrons. The van der Waals surface area contributed by atoms with Crippen molar-refractivity contribution < 1.29 is 5.11 Å². The van der Waals surface area contributed by atoms with Gasteiger partial charge in [-0.05, 0) is 35.4 Å². The SMILES string of the molecule is CN(C)c1ccc(CNC(CO)c2ccc(Cl)cc2)cc1. The number of anilines is 1. The summed E-state index contributed by atoms with van der Waals surface area (Å²) in [7, 11) is 4.05. The highest BCUT2D eigenvalue weighted by molar-refractivity contribution is 6.30. The number of aliphatic hydroxyl groups is 1. The van der Waals surface area contributed by atoms with Crippen LogP contribution < -0.4 is 10.2 Å². The summed E-state index contributed by atoms with van der Waals surface area (Å²) in [6, 6.07) is 15.8. The smallest absolute Gasteiger partial charge is 0.0626 e. The predicted octanol–water partition coefficient (Wildman–Crippen LogP) is 3.23. The number of nitrogens with one attached hydrogen (secondary N) is 1. The maximum Gasteiger partial charge on any atom is 0.0626 e. The number of nitrogens with zero attached hydrogens (tertiary/aromatic N) is 1. The lowest BCUT2D eigenvalue weighted by molar-refractivity contribution is 0.243. The molecular weight excluding hydrogens is 284 g/mol. The summed E-state index contributed by atoms with van der Waals surface area (Å²) in [6.07, 6.45) is 0. The van der Waals surface area contributed by atoms with Crippen LogP contribution in [0.4, 0.5) is 5.69 Å². The van der Waals surface area contributed by atoms with E-state index in [1.54, 1.807) is 0 Å². The summed E-state index contributed by atoms with van der Waals surface area (Å²) >= 11 is 5.89. The third-order valence-electron chi connectivity index (χ3n) is 3.46. The number of hydrogen-bond donors (Lipinski definition) is 2. The Hall–Kier alpha value is -1.55. The lowest BCUT2D eigenvalue weighted by Gasteiger charge is -2.18. The van der Waals surface area contributed by atoms with Crippen molar-refractivity contribution in [2.75, 3.05) is 25.6 Å². The summed E-state index contributed by atoms with van der Waals surface area (Å²) in [4.78, 5) is 2.07. The minimum absolute atomic E-state index is 0.0530. The van der Waals surface area contributed by atoms with Gasteiger partial charge in [0, 0.05) is 31.4 Å². The lowest BCUT2D eigenvalue weighted by atomic mass is 10.1. The van der Waals surface area contributed by atoms with E-state index >= 15 is 0 Å². The summed E-state index contributed by atoms with van der Waals surface area (Å²) in [5, 5.41) is 13.6. The Morgan fingerprint density at radius 1 is 1.05 bits per heavy atom. The van der Waals surface area contributed by atoms with Gasteiger partial charge in [-0.2, -0.15) is 0 Å². The van der Waals surface area contributed by atoms with Gasteiger partial charge < -0.3 is 15.3 Å². The summed E-state index contributed by atoms with van der Waals surface area (Å²) in [5.41, 5.74) is 3.40. The molecule has 2 aromatic rings. The Balaban J connectivity index is 1.98. The largest absolute Gasteiger partial charge is 0.394 e. The number of hydrogen-bond acceptors (Lipinski definition) is 3. The van der Waals surface area contributed by atoms with E-state index in [1.807, 2.05) is 38.4 Å². The van der Waals surface area contributed by atoms with Crippen LogP contribution >= 0.6 is 11.6 Å². The maximum absolute atomic E-state index is 9.54. The Kier molecular flexibility index (Phi) is 5.62. The van der Waals surface area contributed by atoms with Crippen molar-refractivity contribution >= 4 is 17.3 Å². The van der Waals surface area contributed by atoms with Gasteiger partial charge in [0.2, 0.25) is 0 Å². The van der Waals surface area contributed by atoms with Gasteiger partial charge in [0.1, 0.15) is 0 Å². The van der Waals surface area contributed by atoms with Crippen molar-refractivity contribution in [1.82, 2.24) is 5.32 Å². The maximum atomic E-state index is 9.54. The minimum Gasteiger partial charge on any atom is -0.394 e. The van der Waals surface area contributed by atoms with E-state index in [9.17, 15) is 5.11 Å². The Bertz CT molecular complexity index is 552. The Morgan fingerprint density at radius 2 is 1.67 bits per heavy atom. The molecule has 1 atom stereocenters. The molecular formula is C17H21ClN2O. The van der Waals surface area contributed by atoms with Gasteiger partial charge in [0.15, 0.2) is 0 Å². The molecule has 2 N–H and O–H groups in total. The molecule has 0 saturated carbocycles. The normalized spacial score (nSPS) is 12.2. The first-order chi connectivity index (χ1) is 10.1. The van der Waals surface area contributed by atoms with Crippen LogP contribution in [0.1, 0.15) is 17.2 Å². The molecule has 3 nitrogen and oxygen atoms in total. The van der Waals surface area contributed by atoms with Gasteiger partial charge in [-0.15, -0.1) is 0 Å². The van der Waals surface area contributed by atoms with Gasteiger partial charge in [-0.1, -0.05) is 35.9 Å². The average Bonchev–Trinajstić information content (AvgIpc) is 2.50. The van der Waals surface area contributed by atoms with E-state index in [4.69, 9.17) is 11.6 Å². The summed E-state index contributed by atoms with van der Waals surface area (Å²) < 4.78 is 0. The van der Waals surface area contributed by atoms with E-state index in [1.165, 1.54) is 11.3 Å². The van der Waals surface area contributed by atoms with E-state index in [2.05, 4.69) is 34.5 Å². The van der Waals surface area contributed by atoms with Crippen LogP contribution in [-0.4, -0.2) is 25.8 Å². The highest BCUT2D eigenvalue weighted by Crippen LogP contribution is 2.17. The second-order valence-electron chi connectivity index (χ2n) is 5.23. The van der Waals surface area contributed by atoms with Crippen LogP contribution in [0.15, 0.2) is 48.5 Å². The fraction of sp³-hybridized carbons (Fsp3) is 0.294. The van der Waals surface area contributed by atoms with Crippen LogP contribution in [0, 0.1) is 0 Å². The number of benzene rings is 2. The van der Waals surface area contributed by atoms with Crippen LogP contribution in [0.25, 0.3) is 0 Å². The fourth-order valence-corrected chi connectivity index (χ4v) is 2.26. The zero-order chi connectivity index (χ0) is 15.2.